The molecule has 1 aromatic heterocycles. The minimum atomic E-state index is -3.86. The van der Waals surface area contributed by atoms with Crippen LogP contribution in [0, 0.1) is 5.92 Å². The van der Waals surface area contributed by atoms with Crippen LogP contribution in [0.15, 0.2) is 5.16 Å². The molecule has 0 amide bonds. The van der Waals surface area contributed by atoms with E-state index in [2.05, 4.69) is 10.2 Å². The van der Waals surface area contributed by atoms with Gasteiger partial charge in [-0.3, -0.25) is 0 Å². The first kappa shape index (κ1) is 16.4. The minimum Gasteiger partial charge on any atom is -0.382 e. The van der Waals surface area contributed by atoms with Gasteiger partial charge in [0.1, 0.15) is 5.82 Å². The lowest BCUT2D eigenvalue weighted by Gasteiger charge is -2.11. The van der Waals surface area contributed by atoms with Gasteiger partial charge in [0.05, 0.1) is 0 Å². The Morgan fingerprint density at radius 1 is 1.37 bits per heavy atom. The summed E-state index contributed by atoms with van der Waals surface area (Å²) in [7, 11) is 1.51. The van der Waals surface area contributed by atoms with E-state index in [9.17, 15) is 8.42 Å². The highest BCUT2D eigenvalue weighted by Gasteiger charge is 2.22. The second-order valence-corrected chi connectivity index (χ2v) is 7.10. The molecular formula is C11H20ClN3O3S. The molecule has 1 heterocycles. The molecule has 0 saturated carbocycles. The molecule has 110 valence electrons. The maximum absolute atomic E-state index is 11.4. The molecule has 0 spiro atoms. The van der Waals surface area contributed by atoms with Gasteiger partial charge >= 0.3 is 0 Å². The molecule has 19 heavy (non-hydrogen) atoms. The molecule has 0 aliphatic heterocycles. The van der Waals surface area contributed by atoms with Crippen LogP contribution in [0.1, 0.15) is 33.0 Å². The zero-order valence-electron chi connectivity index (χ0n) is 11.5. The normalized spacial score (nSPS) is 12.3. The lowest BCUT2D eigenvalue weighted by molar-refractivity contribution is 0.144. The Kier molecular flexibility index (Phi) is 6.22. The van der Waals surface area contributed by atoms with Gasteiger partial charge in [-0.1, -0.05) is 13.8 Å². The van der Waals surface area contributed by atoms with E-state index < -0.39 is 9.05 Å². The summed E-state index contributed by atoms with van der Waals surface area (Å²) in [6, 6.07) is 0. The maximum Gasteiger partial charge on any atom is 0.296 e. The van der Waals surface area contributed by atoms with Crippen molar-refractivity contribution in [2.45, 2.75) is 45.3 Å². The van der Waals surface area contributed by atoms with E-state index in [0.29, 0.717) is 32.0 Å². The zero-order valence-corrected chi connectivity index (χ0v) is 13.0. The van der Waals surface area contributed by atoms with E-state index in [1.54, 1.807) is 4.57 Å². The van der Waals surface area contributed by atoms with Crippen molar-refractivity contribution >= 4 is 19.7 Å². The fraction of sp³-hybridized carbons (Fsp3) is 0.818. The molecule has 0 N–H and O–H groups in total. The van der Waals surface area contributed by atoms with Gasteiger partial charge in [0.15, 0.2) is 0 Å². The number of hydrogen-bond donors (Lipinski definition) is 0. The smallest absolute Gasteiger partial charge is 0.296 e. The number of aromatic nitrogens is 3. The van der Waals surface area contributed by atoms with Crippen LogP contribution in [0.4, 0.5) is 0 Å². The zero-order chi connectivity index (χ0) is 14.5. The van der Waals surface area contributed by atoms with Crippen LogP contribution >= 0.6 is 10.7 Å². The molecule has 6 nitrogen and oxygen atoms in total. The van der Waals surface area contributed by atoms with Crippen LogP contribution in [0.3, 0.4) is 0 Å². The predicted molar refractivity (Wildman–Crippen MR) is 72.7 cm³/mol. The monoisotopic (exact) mass is 309 g/mol. The summed E-state index contributed by atoms with van der Waals surface area (Å²) in [5.41, 5.74) is 0. The molecule has 0 fully saturated rings. The summed E-state index contributed by atoms with van der Waals surface area (Å²) in [4.78, 5) is 0. The molecule has 0 radical (unpaired) electrons. The number of ether oxygens (including phenoxy) is 1. The quantitative estimate of drug-likeness (QED) is 0.541. The van der Waals surface area contributed by atoms with E-state index in [1.165, 1.54) is 0 Å². The van der Waals surface area contributed by atoms with Crippen molar-refractivity contribution in [2.24, 2.45) is 5.92 Å². The minimum absolute atomic E-state index is 0.172. The molecule has 0 unspecified atom stereocenters. The van der Waals surface area contributed by atoms with Crippen molar-refractivity contribution in [2.75, 3.05) is 13.2 Å². The molecule has 0 saturated heterocycles. The summed E-state index contributed by atoms with van der Waals surface area (Å²) < 4.78 is 29.7. The Hall–Kier alpha value is -0.660. The SMILES string of the molecule is CCOCCCc1nnc(S(=O)(=O)Cl)n1CC(C)C. The summed E-state index contributed by atoms with van der Waals surface area (Å²) in [6.07, 6.45) is 1.39. The van der Waals surface area contributed by atoms with Gasteiger partial charge < -0.3 is 9.30 Å². The lowest BCUT2D eigenvalue weighted by Crippen LogP contribution is -2.14. The van der Waals surface area contributed by atoms with Crippen LogP contribution in [-0.4, -0.2) is 36.4 Å². The van der Waals surface area contributed by atoms with Gasteiger partial charge in [-0.2, -0.15) is 0 Å². The number of nitrogens with zero attached hydrogens (tertiary/aromatic N) is 3. The molecule has 0 bridgehead atoms. The molecule has 8 heteroatoms. The lowest BCUT2D eigenvalue weighted by atomic mass is 10.2. The van der Waals surface area contributed by atoms with Crippen molar-refractivity contribution in [1.82, 2.24) is 14.8 Å². The van der Waals surface area contributed by atoms with E-state index >= 15 is 0 Å². The average Bonchev–Trinajstić information content (AvgIpc) is 2.66. The Balaban J connectivity index is 2.88. The van der Waals surface area contributed by atoms with Crippen LogP contribution in [-0.2, 0) is 26.8 Å². The van der Waals surface area contributed by atoms with Crippen molar-refractivity contribution in [3.63, 3.8) is 0 Å². The second-order valence-electron chi connectivity index (χ2n) is 4.64. The first-order valence-electron chi connectivity index (χ1n) is 6.30. The summed E-state index contributed by atoms with van der Waals surface area (Å²) >= 11 is 0. The van der Waals surface area contributed by atoms with Gasteiger partial charge in [-0.05, 0) is 19.3 Å². The first-order valence-corrected chi connectivity index (χ1v) is 8.61. The average molecular weight is 310 g/mol. The van der Waals surface area contributed by atoms with Gasteiger partial charge in [0.2, 0.25) is 0 Å². The highest BCUT2D eigenvalue weighted by Crippen LogP contribution is 2.17. The predicted octanol–water partition coefficient (Wildman–Crippen LogP) is 1.83. The van der Waals surface area contributed by atoms with E-state index in [4.69, 9.17) is 15.4 Å². The molecule has 0 aliphatic rings. The van der Waals surface area contributed by atoms with E-state index in [0.717, 1.165) is 6.42 Å². The Morgan fingerprint density at radius 3 is 2.58 bits per heavy atom. The third kappa shape index (κ3) is 5.08. The van der Waals surface area contributed by atoms with Crippen LogP contribution < -0.4 is 0 Å². The van der Waals surface area contributed by atoms with Gasteiger partial charge in [0.25, 0.3) is 14.2 Å². The highest BCUT2D eigenvalue weighted by molar-refractivity contribution is 8.13. The van der Waals surface area contributed by atoms with Crippen molar-refractivity contribution in [3.05, 3.63) is 5.82 Å². The van der Waals surface area contributed by atoms with Crippen molar-refractivity contribution in [1.29, 1.82) is 0 Å². The van der Waals surface area contributed by atoms with Crippen LogP contribution in [0.5, 0.6) is 0 Å². The van der Waals surface area contributed by atoms with Crippen LogP contribution in [0.2, 0.25) is 0 Å². The van der Waals surface area contributed by atoms with Gasteiger partial charge in [-0.25, -0.2) is 8.42 Å². The molecule has 1 aromatic rings. The standard InChI is InChI=1S/C11H20ClN3O3S/c1-4-18-7-5-6-10-13-14-11(19(12,16)17)15(10)8-9(2)3/h9H,4-8H2,1-3H3. The van der Waals surface area contributed by atoms with Gasteiger partial charge in [0, 0.05) is 36.9 Å². The summed E-state index contributed by atoms with van der Waals surface area (Å²) in [5.74, 6) is 0.909. The summed E-state index contributed by atoms with van der Waals surface area (Å²) in [5, 5.41) is 7.45. The molecule has 0 aliphatic carbocycles. The molecule has 0 atom stereocenters. The molecular weight excluding hydrogens is 290 g/mol. The maximum atomic E-state index is 11.4. The third-order valence-electron chi connectivity index (χ3n) is 2.45. The van der Waals surface area contributed by atoms with Crippen molar-refractivity contribution < 1.29 is 13.2 Å². The highest BCUT2D eigenvalue weighted by atomic mass is 35.7. The second kappa shape index (κ2) is 7.21. The largest absolute Gasteiger partial charge is 0.382 e. The Bertz CT molecular complexity index is 499. The third-order valence-corrected chi connectivity index (χ3v) is 3.60. The number of hydrogen-bond acceptors (Lipinski definition) is 5. The first-order chi connectivity index (χ1) is 8.86. The number of rotatable bonds is 8. The van der Waals surface area contributed by atoms with Crippen molar-refractivity contribution in [3.8, 4) is 0 Å². The van der Waals surface area contributed by atoms with E-state index in [-0.39, 0.29) is 11.1 Å². The Labute approximate surface area is 118 Å². The topological polar surface area (TPSA) is 74.1 Å². The number of aryl methyl sites for hydroxylation is 1. The number of halogens is 1. The molecule has 1 rings (SSSR count). The Morgan fingerprint density at radius 2 is 2.05 bits per heavy atom. The molecule has 0 aromatic carbocycles. The van der Waals surface area contributed by atoms with Crippen LogP contribution in [0.25, 0.3) is 0 Å². The fourth-order valence-electron chi connectivity index (χ4n) is 1.71. The summed E-state index contributed by atoms with van der Waals surface area (Å²) in [6.45, 7) is 7.73. The van der Waals surface area contributed by atoms with Gasteiger partial charge in [-0.15, -0.1) is 10.2 Å². The fourth-order valence-corrected chi connectivity index (χ4v) is 2.63. The van der Waals surface area contributed by atoms with E-state index in [1.807, 2.05) is 20.8 Å².